The maximum atomic E-state index is 13.5. The van der Waals surface area contributed by atoms with Gasteiger partial charge in [-0.05, 0) is 36.4 Å². The Labute approximate surface area is 168 Å². The van der Waals surface area contributed by atoms with Crippen molar-refractivity contribution in [3.8, 4) is 0 Å². The molecule has 1 heterocycles. The summed E-state index contributed by atoms with van der Waals surface area (Å²) in [6, 6.07) is 7.40. The minimum atomic E-state index is -4.56. The predicted molar refractivity (Wildman–Crippen MR) is 98.7 cm³/mol. The summed E-state index contributed by atoms with van der Waals surface area (Å²) in [5.41, 5.74) is -0.343. The molecule has 3 rings (SSSR count). The second kappa shape index (κ2) is 8.21. The first-order valence-corrected chi connectivity index (χ1v) is 8.83. The molecule has 30 heavy (non-hydrogen) atoms. The molecule has 0 spiro atoms. The highest BCUT2D eigenvalue weighted by atomic mass is 19.4. The lowest BCUT2D eigenvalue weighted by Crippen LogP contribution is -2.41. The molecule has 2 aromatic rings. The summed E-state index contributed by atoms with van der Waals surface area (Å²) < 4.78 is 65.3. The minimum absolute atomic E-state index is 0.00161. The van der Waals surface area contributed by atoms with Crippen LogP contribution >= 0.6 is 0 Å². The molecule has 0 aliphatic carbocycles. The number of carbonyl (C=O) groups excluding carboxylic acids is 2. The molecule has 2 aromatic carbocycles. The van der Waals surface area contributed by atoms with Crippen molar-refractivity contribution < 1.29 is 31.5 Å². The molecule has 10 heteroatoms. The fourth-order valence-electron chi connectivity index (χ4n) is 2.88. The van der Waals surface area contributed by atoms with Gasteiger partial charge < -0.3 is 4.90 Å². The Kier molecular flexibility index (Phi) is 5.86. The van der Waals surface area contributed by atoms with Crippen LogP contribution < -0.4 is 4.90 Å². The molecule has 0 radical (unpaired) electrons. The Morgan fingerprint density at radius 2 is 1.83 bits per heavy atom. The first-order chi connectivity index (χ1) is 14.1. The standard InChI is InChI=1S/C20H16F5N3O2/c1-27(14-4-2-3-13(10-14)20(23,24)25)19(30)11-28-18(29)8-7-17(26-28)12-5-6-15(21)16(22)9-12/h2-6,9-10H,7-8,11H2,1H3. The van der Waals surface area contributed by atoms with Crippen LogP contribution in [0.3, 0.4) is 0 Å². The Morgan fingerprint density at radius 3 is 2.50 bits per heavy atom. The van der Waals surface area contributed by atoms with Gasteiger partial charge in [0.25, 0.3) is 0 Å². The number of carbonyl (C=O) groups is 2. The van der Waals surface area contributed by atoms with Crippen molar-refractivity contribution in [3.63, 3.8) is 0 Å². The molecular weight excluding hydrogens is 409 g/mol. The zero-order valence-corrected chi connectivity index (χ0v) is 15.7. The third-order valence-electron chi connectivity index (χ3n) is 4.58. The van der Waals surface area contributed by atoms with Crippen molar-refractivity contribution in [2.75, 3.05) is 18.5 Å². The molecule has 0 fully saturated rings. The van der Waals surface area contributed by atoms with Gasteiger partial charge in [-0.2, -0.15) is 18.3 Å². The molecule has 0 aromatic heterocycles. The van der Waals surface area contributed by atoms with E-state index in [1.807, 2.05) is 0 Å². The Bertz CT molecular complexity index is 1020. The third-order valence-corrected chi connectivity index (χ3v) is 4.58. The van der Waals surface area contributed by atoms with E-state index in [9.17, 15) is 31.5 Å². The second-order valence-corrected chi connectivity index (χ2v) is 6.63. The quantitative estimate of drug-likeness (QED) is 0.696. The van der Waals surface area contributed by atoms with Gasteiger partial charge in [-0.25, -0.2) is 13.8 Å². The second-order valence-electron chi connectivity index (χ2n) is 6.63. The van der Waals surface area contributed by atoms with E-state index in [0.717, 1.165) is 34.2 Å². The van der Waals surface area contributed by atoms with E-state index in [0.29, 0.717) is 5.71 Å². The molecule has 5 nitrogen and oxygen atoms in total. The average molecular weight is 425 g/mol. The smallest absolute Gasteiger partial charge is 0.314 e. The van der Waals surface area contributed by atoms with E-state index in [4.69, 9.17) is 0 Å². The lowest BCUT2D eigenvalue weighted by molar-refractivity contribution is -0.137. The Hall–Kier alpha value is -3.30. The molecular formula is C20H16F5N3O2. The number of likely N-dealkylation sites (N-methyl/N-ethyl adjacent to an activating group) is 1. The number of amides is 2. The summed E-state index contributed by atoms with van der Waals surface area (Å²) in [6.45, 7) is -0.515. The molecule has 1 aliphatic rings. The largest absolute Gasteiger partial charge is 0.416 e. The maximum Gasteiger partial charge on any atom is 0.416 e. The van der Waals surface area contributed by atoms with E-state index in [1.54, 1.807) is 0 Å². The third kappa shape index (κ3) is 4.64. The van der Waals surface area contributed by atoms with Gasteiger partial charge in [0.05, 0.1) is 11.3 Å². The average Bonchev–Trinajstić information content (AvgIpc) is 2.70. The van der Waals surface area contributed by atoms with Crippen LogP contribution in [-0.4, -0.2) is 36.1 Å². The van der Waals surface area contributed by atoms with Gasteiger partial charge >= 0.3 is 6.18 Å². The maximum absolute atomic E-state index is 13.5. The number of anilines is 1. The molecule has 0 bridgehead atoms. The minimum Gasteiger partial charge on any atom is -0.314 e. The number of nitrogens with zero attached hydrogens (tertiary/aromatic N) is 3. The van der Waals surface area contributed by atoms with E-state index >= 15 is 0 Å². The van der Waals surface area contributed by atoms with Crippen molar-refractivity contribution >= 4 is 23.2 Å². The Balaban J connectivity index is 1.79. The highest BCUT2D eigenvalue weighted by Gasteiger charge is 2.31. The van der Waals surface area contributed by atoms with Gasteiger partial charge in [0.15, 0.2) is 11.6 Å². The predicted octanol–water partition coefficient (Wildman–Crippen LogP) is 3.97. The Morgan fingerprint density at radius 1 is 1.10 bits per heavy atom. The molecule has 0 unspecified atom stereocenters. The van der Waals surface area contributed by atoms with Crippen LogP contribution in [0, 0.1) is 11.6 Å². The fraction of sp³-hybridized carbons (Fsp3) is 0.250. The SMILES string of the molecule is CN(C(=O)CN1N=C(c2ccc(F)c(F)c2)CCC1=O)c1cccc(C(F)(F)F)c1. The lowest BCUT2D eigenvalue weighted by Gasteiger charge is -2.26. The van der Waals surface area contributed by atoms with Crippen molar-refractivity contribution in [2.45, 2.75) is 19.0 Å². The number of rotatable bonds is 4. The molecule has 0 saturated carbocycles. The van der Waals surface area contributed by atoms with Crippen molar-refractivity contribution in [1.29, 1.82) is 0 Å². The van der Waals surface area contributed by atoms with Crippen LogP contribution in [0.15, 0.2) is 47.6 Å². The van der Waals surface area contributed by atoms with Crippen LogP contribution in [0.4, 0.5) is 27.6 Å². The van der Waals surface area contributed by atoms with Gasteiger partial charge in [-0.1, -0.05) is 6.07 Å². The topological polar surface area (TPSA) is 53.0 Å². The molecule has 1 aliphatic heterocycles. The number of halogens is 5. The summed E-state index contributed by atoms with van der Waals surface area (Å²) in [4.78, 5) is 25.7. The monoisotopic (exact) mass is 425 g/mol. The number of benzene rings is 2. The number of hydrogen-bond donors (Lipinski definition) is 0. The fourth-order valence-corrected chi connectivity index (χ4v) is 2.88. The molecule has 2 amide bonds. The van der Waals surface area contributed by atoms with Gasteiger partial charge in [0.2, 0.25) is 11.8 Å². The van der Waals surface area contributed by atoms with Crippen molar-refractivity contribution in [1.82, 2.24) is 5.01 Å². The van der Waals surface area contributed by atoms with Crippen molar-refractivity contribution in [3.05, 3.63) is 65.2 Å². The summed E-state index contributed by atoms with van der Waals surface area (Å²) in [7, 11) is 1.28. The first-order valence-electron chi connectivity index (χ1n) is 8.83. The van der Waals surface area contributed by atoms with Crippen LogP contribution in [0.2, 0.25) is 0 Å². The van der Waals surface area contributed by atoms with E-state index in [-0.39, 0.29) is 24.1 Å². The molecule has 158 valence electrons. The van der Waals surface area contributed by atoms with Crippen LogP contribution in [-0.2, 0) is 15.8 Å². The van der Waals surface area contributed by atoms with E-state index in [1.165, 1.54) is 25.2 Å². The van der Waals surface area contributed by atoms with E-state index < -0.39 is 41.7 Å². The zero-order valence-electron chi connectivity index (χ0n) is 15.7. The normalized spacial score (nSPS) is 14.5. The summed E-state index contributed by atoms with van der Waals surface area (Å²) in [5.74, 6) is -3.23. The number of hydrogen-bond acceptors (Lipinski definition) is 3. The molecule has 0 N–H and O–H groups in total. The summed E-state index contributed by atoms with van der Waals surface area (Å²) in [5, 5.41) is 4.94. The zero-order chi connectivity index (χ0) is 22.1. The number of hydrazone groups is 1. The van der Waals surface area contributed by atoms with Gasteiger partial charge in [0, 0.05) is 31.1 Å². The van der Waals surface area contributed by atoms with Gasteiger partial charge in [-0.3, -0.25) is 9.59 Å². The first kappa shape index (κ1) is 21.4. The number of alkyl halides is 3. The van der Waals surface area contributed by atoms with Gasteiger partial charge in [-0.15, -0.1) is 0 Å². The molecule has 0 atom stereocenters. The van der Waals surface area contributed by atoms with Crippen LogP contribution in [0.1, 0.15) is 24.0 Å². The summed E-state index contributed by atoms with van der Waals surface area (Å²) in [6.07, 6.45) is -4.39. The van der Waals surface area contributed by atoms with Crippen molar-refractivity contribution in [2.24, 2.45) is 5.10 Å². The highest BCUT2D eigenvalue weighted by molar-refractivity contribution is 6.05. The van der Waals surface area contributed by atoms with Gasteiger partial charge in [0.1, 0.15) is 6.54 Å². The lowest BCUT2D eigenvalue weighted by atomic mass is 10.0. The summed E-state index contributed by atoms with van der Waals surface area (Å²) >= 11 is 0. The van der Waals surface area contributed by atoms with E-state index in [2.05, 4.69) is 5.10 Å². The van der Waals surface area contributed by atoms with Crippen LogP contribution in [0.5, 0.6) is 0 Å². The van der Waals surface area contributed by atoms with Crippen LogP contribution in [0.25, 0.3) is 0 Å². The molecule has 0 saturated heterocycles. The highest BCUT2D eigenvalue weighted by Crippen LogP contribution is 2.31.